The number of carbonyl (C=O) groups is 2. The molecule has 1 aromatic carbocycles. The molecule has 2 heterocycles. The number of ether oxygens (including phenoxy) is 1. The molecule has 2 saturated heterocycles. The second kappa shape index (κ2) is 5.33. The van der Waals surface area contributed by atoms with Crippen LogP contribution in [0, 0.1) is 15.4 Å². The minimum Gasteiger partial charge on any atom is -0.550 e. The lowest BCUT2D eigenvalue weighted by molar-refractivity contribution is -0.313. The van der Waals surface area contributed by atoms with Gasteiger partial charge in [0.2, 0.25) is 5.91 Å². The van der Waals surface area contributed by atoms with E-state index in [1.54, 1.807) is 6.07 Å². The van der Waals surface area contributed by atoms with Gasteiger partial charge in [0, 0.05) is 15.5 Å². The van der Waals surface area contributed by atoms with Crippen LogP contribution >= 0.6 is 22.6 Å². The van der Waals surface area contributed by atoms with Crippen molar-refractivity contribution < 1.29 is 19.4 Å². The van der Waals surface area contributed by atoms with Crippen LogP contribution in [0.25, 0.3) is 0 Å². The number of halogens is 1. The highest BCUT2D eigenvalue weighted by Gasteiger charge is 2.52. The van der Waals surface area contributed by atoms with Crippen molar-refractivity contribution >= 4 is 40.2 Å². The summed E-state index contributed by atoms with van der Waals surface area (Å²) in [7, 11) is 0. The summed E-state index contributed by atoms with van der Waals surface area (Å²) in [5.74, 6) is -2.99. The predicted molar refractivity (Wildman–Crippen MR) is 77.7 cm³/mol. The molecule has 5 nitrogen and oxygen atoms in total. The van der Waals surface area contributed by atoms with Crippen LogP contribution in [0.5, 0.6) is 0 Å². The number of benzene rings is 1. The second-order valence-corrected chi connectivity index (χ2v) is 6.29. The van der Waals surface area contributed by atoms with Crippen molar-refractivity contribution in [2.24, 2.45) is 11.8 Å². The van der Waals surface area contributed by atoms with Gasteiger partial charge in [0.1, 0.15) is 0 Å². The number of hydrogen-bond donors (Lipinski definition) is 1. The van der Waals surface area contributed by atoms with E-state index in [2.05, 4.69) is 27.9 Å². The van der Waals surface area contributed by atoms with E-state index in [-0.39, 0.29) is 18.1 Å². The normalized spacial score (nSPS) is 31.2. The Morgan fingerprint density at radius 2 is 1.85 bits per heavy atom. The summed E-state index contributed by atoms with van der Waals surface area (Å²) < 4.78 is 6.47. The molecule has 1 aromatic rings. The van der Waals surface area contributed by atoms with E-state index in [1.165, 1.54) is 0 Å². The van der Waals surface area contributed by atoms with Crippen LogP contribution in [0.15, 0.2) is 24.3 Å². The molecule has 20 heavy (non-hydrogen) atoms. The predicted octanol–water partition coefficient (Wildman–Crippen LogP) is 0.773. The summed E-state index contributed by atoms with van der Waals surface area (Å²) in [6.45, 7) is 0. The lowest BCUT2D eigenvalue weighted by Gasteiger charge is -2.27. The van der Waals surface area contributed by atoms with Crippen LogP contribution in [0.3, 0.4) is 0 Å². The highest BCUT2D eigenvalue weighted by atomic mass is 127. The molecule has 6 heteroatoms. The van der Waals surface area contributed by atoms with E-state index in [0.29, 0.717) is 12.1 Å². The van der Waals surface area contributed by atoms with Crippen molar-refractivity contribution in [2.75, 3.05) is 5.32 Å². The van der Waals surface area contributed by atoms with E-state index >= 15 is 0 Å². The highest BCUT2D eigenvalue weighted by Crippen LogP contribution is 2.43. The third kappa shape index (κ3) is 2.31. The first-order valence-electron chi connectivity index (χ1n) is 6.49. The van der Waals surface area contributed by atoms with Crippen molar-refractivity contribution in [3.8, 4) is 0 Å². The van der Waals surface area contributed by atoms with Gasteiger partial charge >= 0.3 is 0 Å². The molecule has 2 aliphatic rings. The standard InChI is InChI=1S/C14H14INO4/c15-7-3-1-2-4-8(7)16-13(17)11-9-5-6-10(20-9)12(11)14(18)19/h1-4,9-12H,5-6H2,(H,16,17)(H,18,19)/p-1/t9-,10+,11+,12-/m1/s1. The lowest BCUT2D eigenvalue weighted by Crippen LogP contribution is -2.46. The van der Waals surface area contributed by atoms with Crippen molar-refractivity contribution in [3.63, 3.8) is 0 Å². The SMILES string of the molecule is O=C(Nc1ccccc1I)[C@@H]1[C@H](C(=O)[O-])[C@@H]2CC[C@H]1O2. The molecule has 2 bridgehead atoms. The number of nitrogens with one attached hydrogen (secondary N) is 1. The topological polar surface area (TPSA) is 78.5 Å². The molecular weight excluding hydrogens is 373 g/mol. The zero-order chi connectivity index (χ0) is 14.3. The van der Waals surface area contributed by atoms with Crippen LogP contribution in [0.4, 0.5) is 5.69 Å². The summed E-state index contributed by atoms with van der Waals surface area (Å²) in [4.78, 5) is 23.6. The molecule has 0 aromatic heterocycles. The van der Waals surface area contributed by atoms with Gasteiger partial charge in [-0.2, -0.15) is 0 Å². The zero-order valence-electron chi connectivity index (χ0n) is 10.5. The largest absolute Gasteiger partial charge is 0.550 e. The summed E-state index contributed by atoms with van der Waals surface area (Å²) in [5, 5.41) is 14.1. The minimum atomic E-state index is -1.19. The number of para-hydroxylation sites is 1. The van der Waals surface area contributed by atoms with Crippen LogP contribution in [-0.4, -0.2) is 24.1 Å². The quantitative estimate of drug-likeness (QED) is 0.779. The van der Waals surface area contributed by atoms with Gasteiger partial charge in [0.25, 0.3) is 0 Å². The molecule has 0 saturated carbocycles. The fraction of sp³-hybridized carbons (Fsp3) is 0.429. The van der Waals surface area contributed by atoms with E-state index in [4.69, 9.17) is 4.74 Å². The molecule has 4 atom stereocenters. The number of carbonyl (C=O) groups excluding carboxylic acids is 2. The van der Waals surface area contributed by atoms with Crippen LogP contribution in [0.1, 0.15) is 12.8 Å². The highest BCUT2D eigenvalue weighted by molar-refractivity contribution is 14.1. The first kappa shape index (κ1) is 13.8. The van der Waals surface area contributed by atoms with Gasteiger partial charge in [-0.25, -0.2) is 0 Å². The molecule has 0 unspecified atom stereocenters. The fourth-order valence-corrected chi connectivity index (χ4v) is 3.61. The van der Waals surface area contributed by atoms with Crippen molar-refractivity contribution in [1.29, 1.82) is 0 Å². The Kier molecular flexibility index (Phi) is 3.68. The van der Waals surface area contributed by atoms with Crippen molar-refractivity contribution in [3.05, 3.63) is 27.8 Å². The Labute approximate surface area is 129 Å². The minimum absolute atomic E-state index is 0.296. The summed E-state index contributed by atoms with van der Waals surface area (Å²) in [5.41, 5.74) is 0.693. The number of carboxylic acid groups (broad SMARTS) is 1. The molecule has 1 amide bonds. The lowest BCUT2D eigenvalue weighted by atomic mass is 9.78. The zero-order valence-corrected chi connectivity index (χ0v) is 12.7. The number of anilines is 1. The molecule has 3 rings (SSSR count). The third-order valence-corrected chi connectivity index (χ3v) is 4.92. The van der Waals surface area contributed by atoms with Gasteiger partial charge in [0.15, 0.2) is 0 Å². The maximum absolute atomic E-state index is 12.4. The Hall–Kier alpha value is -1.15. The van der Waals surface area contributed by atoms with E-state index in [0.717, 1.165) is 9.99 Å². The number of carboxylic acids is 1. The molecule has 1 N–H and O–H groups in total. The number of hydrogen-bond acceptors (Lipinski definition) is 4. The van der Waals surface area contributed by atoms with Gasteiger partial charge < -0.3 is 20.0 Å². The molecular formula is C14H13INO4-. The average molecular weight is 386 g/mol. The molecule has 0 radical (unpaired) electrons. The molecule has 2 aliphatic heterocycles. The second-order valence-electron chi connectivity index (χ2n) is 5.13. The van der Waals surface area contributed by atoms with E-state index < -0.39 is 17.8 Å². The Morgan fingerprint density at radius 1 is 1.20 bits per heavy atom. The average Bonchev–Trinajstić information content (AvgIpc) is 3.01. The molecule has 0 spiro atoms. The van der Waals surface area contributed by atoms with Crippen LogP contribution in [0.2, 0.25) is 0 Å². The van der Waals surface area contributed by atoms with Gasteiger partial charge in [-0.3, -0.25) is 4.79 Å². The molecule has 2 fully saturated rings. The van der Waals surface area contributed by atoms with Crippen LogP contribution < -0.4 is 10.4 Å². The Morgan fingerprint density at radius 3 is 2.50 bits per heavy atom. The summed E-state index contributed by atoms with van der Waals surface area (Å²) >= 11 is 2.12. The first-order chi connectivity index (χ1) is 9.58. The van der Waals surface area contributed by atoms with Crippen molar-refractivity contribution in [1.82, 2.24) is 0 Å². The number of aliphatic carboxylic acids is 1. The van der Waals surface area contributed by atoms with Crippen LogP contribution in [-0.2, 0) is 14.3 Å². The monoisotopic (exact) mass is 386 g/mol. The van der Waals surface area contributed by atoms with Gasteiger partial charge in [-0.1, -0.05) is 12.1 Å². The number of fused-ring (bicyclic) bond motifs is 2. The molecule has 0 aliphatic carbocycles. The van der Waals surface area contributed by atoms with Crippen molar-refractivity contribution in [2.45, 2.75) is 25.0 Å². The Bertz CT molecular complexity index is 562. The van der Waals surface area contributed by atoms with E-state index in [1.807, 2.05) is 18.2 Å². The summed E-state index contributed by atoms with van der Waals surface area (Å²) in [6.07, 6.45) is 0.744. The van der Waals surface area contributed by atoms with Gasteiger partial charge in [-0.05, 0) is 47.6 Å². The Balaban J connectivity index is 1.80. The smallest absolute Gasteiger partial charge is 0.230 e. The maximum Gasteiger partial charge on any atom is 0.230 e. The van der Waals surface area contributed by atoms with Gasteiger partial charge in [-0.15, -0.1) is 0 Å². The maximum atomic E-state index is 12.4. The molecule has 106 valence electrons. The number of amides is 1. The fourth-order valence-electron chi connectivity index (χ4n) is 3.09. The summed E-state index contributed by atoms with van der Waals surface area (Å²) in [6, 6.07) is 7.37. The van der Waals surface area contributed by atoms with Gasteiger partial charge in [0.05, 0.1) is 23.8 Å². The third-order valence-electron chi connectivity index (χ3n) is 3.98. The first-order valence-corrected chi connectivity index (χ1v) is 7.57. The number of rotatable bonds is 3. The van der Waals surface area contributed by atoms with E-state index in [9.17, 15) is 14.7 Å².